The normalized spacial score (nSPS) is 13.8. The summed E-state index contributed by atoms with van der Waals surface area (Å²) in [7, 11) is 0. The minimum atomic E-state index is -0.499. The standard InChI is InChI=1S/C22H26N4O4/c1-2-3-4-21(27)25-15-13-24(14-16-25)19-11-7-18(8-12-19)23-22(28)17-5-9-20(10-6-17)26(29)30/h5-12H,2-4,13-16H2,1H3,(H,23,28). The van der Waals surface area contributed by atoms with Crippen molar-refractivity contribution in [2.75, 3.05) is 36.4 Å². The van der Waals surface area contributed by atoms with E-state index in [0.29, 0.717) is 17.7 Å². The lowest BCUT2D eigenvalue weighted by Gasteiger charge is -2.36. The zero-order chi connectivity index (χ0) is 21.5. The fourth-order valence-electron chi connectivity index (χ4n) is 3.39. The maximum absolute atomic E-state index is 12.3. The summed E-state index contributed by atoms with van der Waals surface area (Å²) in [4.78, 5) is 38.9. The summed E-state index contributed by atoms with van der Waals surface area (Å²) < 4.78 is 0. The van der Waals surface area contributed by atoms with Gasteiger partial charge in [-0.15, -0.1) is 0 Å². The van der Waals surface area contributed by atoms with Gasteiger partial charge in [0, 0.05) is 61.7 Å². The molecule has 8 heteroatoms. The summed E-state index contributed by atoms with van der Waals surface area (Å²) in [5.74, 6) is -0.0855. The third-order valence-corrected chi connectivity index (χ3v) is 5.21. The first-order chi connectivity index (χ1) is 14.5. The van der Waals surface area contributed by atoms with Crippen molar-refractivity contribution in [3.8, 4) is 0 Å². The average Bonchev–Trinajstić information content (AvgIpc) is 2.78. The lowest BCUT2D eigenvalue weighted by Crippen LogP contribution is -2.48. The van der Waals surface area contributed by atoms with Gasteiger partial charge in [-0.05, 0) is 42.8 Å². The Bertz CT molecular complexity index is 888. The lowest BCUT2D eigenvalue weighted by atomic mass is 10.1. The number of nitrogens with one attached hydrogen (secondary N) is 1. The Kier molecular flexibility index (Phi) is 7.00. The van der Waals surface area contributed by atoms with Crippen molar-refractivity contribution in [1.82, 2.24) is 4.90 Å². The number of anilines is 2. The summed E-state index contributed by atoms with van der Waals surface area (Å²) >= 11 is 0. The molecule has 0 spiro atoms. The topological polar surface area (TPSA) is 95.8 Å². The zero-order valence-electron chi connectivity index (χ0n) is 17.0. The maximum atomic E-state index is 12.3. The van der Waals surface area contributed by atoms with Crippen molar-refractivity contribution in [2.45, 2.75) is 26.2 Å². The van der Waals surface area contributed by atoms with Gasteiger partial charge in [0.05, 0.1) is 4.92 Å². The van der Waals surface area contributed by atoms with Crippen LogP contribution in [-0.4, -0.2) is 47.8 Å². The summed E-state index contributed by atoms with van der Waals surface area (Å²) in [5.41, 5.74) is 2.00. The Balaban J connectivity index is 1.53. The van der Waals surface area contributed by atoms with E-state index in [1.807, 2.05) is 29.2 Å². The quantitative estimate of drug-likeness (QED) is 0.555. The third-order valence-electron chi connectivity index (χ3n) is 5.21. The van der Waals surface area contributed by atoms with Crippen LogP contribution in [0.1, 0.15) is 36.5 Å². The summed E-state index contributed by atoms with van der Waals surface area (Å²) in [6.07, 6.45) is 2.59. The van der Waals surface area contributed by atoms with Crippen LogP contribution in [0.5, 0.6) is 0 Å². The Morgan fingerprint density at radius 3 is 2.20 bits per heavy atom. The van der Waals surface area contributed by atoms with Gasteiger partial charge in [0.2, 0.25) is 5.91 Å². The minimum absolute atomic E-state index is 0.0527. The molecule has 158 valence electrons. The van der Waals surface area contributed by atoms with Gasteiger partial charge < -0.3 is 15.1 Å². The molecule has 0 aliphatic carbocycles. The first-order valence-corrected chi connectivity index (χ1v) is 10.2. The molecule has 1 aliphatic heterocycles. The Labute approximate surface area is 175 Å². The molecule has 0 unspecified atom stereocenters. The number of benzene rings is 2. The molecule has 0 saturated carbocycles. The molecule has 1 heterocycles. The Morgan fingerprint density at radius 2 is 1.63 bits per heavy atom. The molecule has 0 bridgehead atoms. The summed E-state index contributed by atoms with van der Waals surface area (Å²) in [6, 6.07) is 13.0. The largest absolute Gasteiger partial charge is 0.368 e. The van der Waals surface area contributed by atoms with Crippen molar-refractivity contribution >= 4 is 28.9 Å². The molecule has 1 aliphatic rings. The van der Waals surface area contributed by atoms with E-state index in [9.17, 15) is 19.7 Å². The number of non-ortho nitro benzene ring substituents is 1. The zero-order valence-corrected chi connectivity index (χ0v) is 17.0. The molecule has 1 saturated heterocycles. The monoisotopic (exact) mass is 410 g/mol. The van der Waals surface area contributed by atoms with Crippen LogP contribution in [0, 0.1) is 10.1 Å². The van der Waals surface area contributed by atoms with E-state index in [-0.39, 0.29) is 17.5 Å². The summed E-state index contributed by atoms with van der Waals surface area (Å²) in [6.45, 7) is 5.10. The van der Waals surface area contributed by atoms with Gasteiger partial charge in [0.15, 0.2) is 0 Å². The van der Waals surface area contributed by atoms with Gasteiger partial charge in [0.1, 0.15) is 0 Å². The number of amides is 2. The SMILES string of the molecule is CCCCC(=O)N1CCN(c2ccc(NC(=O)c3ccc([N+](=O)[O-])cc3)cc2)CC1. The van der Waals surface area contributed by atoms with E-state index >= 15 is 0 Å². The summed E-state index contributed by atoms with van der Waals surface area (Å²) in [5, 5.41) is 13.5. The predicted octanol–water partition coefficient (Wildman–Crippen LogP) is 3.69. The van der Waals surface area contributed by atoms with Crippen LogP contribution in [0.25, 0.3) is 0 Å². The average molecular weight is 410 g/mol. The molecule has 2 aromatic carbocycles. The smallest absolute Gasteiger partial charge is 0.269 e. The second-order valence-electron chi connectivity index (χ2n) is 7.28. The maximum Gasteiger partial charge on any atom is 0.269 e. The van der Waals surface area contributed by atoms with Crippen LogP contribution in [0.15, 0.2) is 48.5 Å². The Morgan fingerprint density at radius 1 is 1.00 bits per heavy atom. The van der Waals surface area contributed by atoms with Gasteiger partial charge in [-0.2, -0.15) is 0 Å². The fourth-order valence-corrected chi connectivity index (χ4v) is 3.39. The van der Waals surface area contributed by atoms with Crippen molar-refractivity contribution < 1.29 is 14.5 Å². The second-order valence-corrected chi connectivity index (χ2v) is 7.28. The first kappa shape index (κ1) is 21.3. The van der Waals surface area contributed by atoms with E-state index in [2.05, 4.69) is 17.1 Å². The highest BCUT2D eigenvalue weighted by atomic mass is 16.6. The molecule has 2 amide bonds. The molecule has 0 radical (unpaired) electrons. The van der Waals surface area contributed by atoms with Crippen LogP contribution < -0.4 is 10.2 Å². The van der Waals surface area contributed by atoms with Crippen molar-refractivity contribution in [3.63, 3.8) is 0 Å². The fraction of sp³-hybridized carbons (Fsp3) is 0.364. The molecule has 0 aromatic heterocycles. The number of hydrogen-bond donors (Lipinski definition) is 1. The van der Waals surface area contributed by atoms with E-state index in [1.54, 1.807) is 0 Å². The molecule has 3 rings (SSSR count). The predicted molar refractivity (Wildman–Crippen MR) is 116 cm³/mol. The molecule has 2 aromatic rings. The van der Waals surface area contributed by atoms with Crippen LogP contribution in [0.2, 0.25) is 0 Å². The third kappa shape index (κ3) is 5.34. The van der Waals surface area contributed by atoms with Crippen molar-refractivity contribution in [1.29, 1.82) is 0 Å². The number of nitro groups is 1. The van der Waals surface area contributed by atoms with Crippen LogP contribution >= 0.6 is 0 Å². The first-order valence-electron chi connectivity index (χ1n) is 10.2. The molecule has 1 fully saturated rings. The number of rotatable bonds is 7. The van der Waals surface area contributed by atoms with Gasteiger partial charge in [0.25, 0.3) is 11.6 Å². The second kappa shape index (κ2) is 9.87. The van der Waals surface area contributed by atoms with Gasteiger partial charge in [-0.25, -0.2) is 0 Å². The molecule has 30 heavy (non-hydrogen) atoms. The number of nitro benzene ring substituents is 1. The highest BCUT2D eigenvalue weighted by molar-refractivity contribution is 6.04. The number of unbranched alkanes of at least 4 members (excludes halogenated alkanes) is 1. The van der Waals surface area contributed by atoms with Crippen LogP contribution in [-0.2, 0) is 4.79 Å². The molecular formula is C22H26N4O4. The molecule has 8 nitrogen and oxygen atoms in total. The molecule has 0 atom stereocenters. The number of piperazine rings is 1. The van der Waals surface area contributed by atoms with Gasteiger partial charge in [-0.1, -0.05) is 13.3 Å². The highest BCUT2D eigenvalue weighted by Gasteiger charge is 2.20. The number of carbonyl (C=O) groups is 2. The van der Waals surface area contributed by atoms with E-state index in [0.717, 1.165) is 44.7 Å². The lowest BCUT2D eigenvalue weighted by molar-refractivity contribution is -0.384. The van der Waals surface area contributed by atoms with E-state index < -0.39 is 4.92 Å². The van der Waals surface area contributed by atoms with Gasteiger partial charge in [-0.3, -0.25) is 19.7 Å². The highest BCUT2D eigenvalue weighted by Crippen LogP contribution is 2.21. The van der Waals surface area contributed by atoms with Crippen molar-refractivity contribution in [3.05, 3.63) is 64.2 Å². The number of hydrogen-bond acceptors (Lipinski definition) is 5. The van der Waals surface area contributed by atoms with Gasteiger partial charge >= 0.3 is 0 Å². The van der Waals surface area contributed by atoms with Crippen LogP contribution in [0.3, 0.4) is 0 Å². The number of nitrogens with zero attached hydrogens (tertiary/aromatic N) is 3. The van der Waals surface area contributed by atoms with Crippen molar-refractivity contribution in [2.24, 2.45) is 0 Å². The van der Waals surface area contributed by atoms with E-state index in [4.69, 9.17) is 0 Å². The van der Waals surface area contributed by atoms with Crippen LogP contribution in [0.4, 0.5) is 17.1 Å². The molecular weight excluding hydrogens is 384 g/mol. The number of carbonyl (C=O) groups excluding carboxylic acids is 2. The Hall–Kier alpha value is -3.42. The van der Waals surface area contributed by atoms with E-state index in [1.165, 1.54) is 24.3 Å². The molecule has 1 N–H and O–H groups in total. The minimum Gasteiger partial charge on any atom is -0.368 e.